The van der Waals surface area contributed by atoms with Crippen LogP contribution in [0.3, 0.4) is 0 Å². The molecule has 2 N–H and O–H groups in total. The molecule has 8 heteroatoms. The molecule has 0 aliphatic heterocycles. The van der Waals surface area contributed by atoms with Crippen molar-refractivity contribution < 1.29 is 4.79 Å². The number of rotatable bonds is 6. The summed E-state index contributed by atoms with van der Waals surface area (Å²) >= 11 is 5.39. The maximum Gasteiger partial charge on any atom is 0.226 e. The van der Waals surface area contributed by atoms with Gasteiger partial charge in [0.2, 0.25) is 5.91 Å². The third-order valence-corrected chi connectivity index (χ3v) is 5.78. The molecule has 4 rings (SSSR count). The maximum absolute atomic E-state index is 12.8. The maximum atomic E-state index is 12.8. The fourth-order valence-corrected chi connectivity index (χ4v) is 3.85. The molecule has 1 amide bonds. The van der Waals surface area contributed by atoms with E-state index in [1.165, 1.54) is 11.1 Å². The molecule has 0 fully saturated rings. The highest BCUT2D eigenvalue weighted by Crippen LogP contribution is 2.24. The summed E-state index contributed by atoms with van der Waals surface area (Å²) in [5.41, 5.74) is 6.68. The largest absolute Gasteiger partial charge is 0.323 e. The quantitative estimate of drug-likeness (QED) is 0.406. The number of aromatic nitrogens is 5. The molecule has 0 aliphatic rings. The third-order valence-electron chi connectivity index (χ3n) is 5.46. The van der Waals surface area contributed by atoms with Gasteiger partial charge in [0.1, 0.15) is 0 Å². The summed E-state index contributed by atoms with van der Waals surface area (Å²) in [7, 11) is 0. The number of anilines is 1. The Balaban J connectivity index is 1.49. The smallest absolute Gasteiger partial charge is 0.226 e. The summed E-state index contributed by atoms with van der Waals surface area (Å²) in [6, 6.07) is 16.2. The molecule has 2 aromatic heterocycles. The second-order valence-electron chi connectivity index (χ2n) is 7.96. The van der Waals surface area contributed by atoms with Gasteiger partial charge in [-0.2, -0.15) is 10.2 Å². The van der Waals surface area contributed by atoms with Gasteiger partial charge >= 0.3 is 0 Å². The zero-order chi connectivity index (χ0) is 22.8. The first kappa shape index (κ1) is 21.7. The van der Waals surface area contributed by atoms with Crippen LogP contribution in [0.2, 0.25) is 0 Å². The van der Waals surface area contributed by atoms with Crippen LogP contribution in [0.25, 0.3) is 17.1 Å². The Hall–Kier alpha value is -3.52. The monoisotopic (exact) mass is 446 g/mol. The predicted octanol–water partition coefficient (Wildman–Crippen LogP) is 5.06. The first-order valence-corrected chi connectivity index (χ1v) is 10.9. The Morgan fingerprint density at radius 2 is 1.62 bits per heavy atom. The van der Waals surface area contributed by atoms with Crippen LogP contribution in [0.1, 0.15) is 28.9 Å². The van der Waals surface area contributed by atoms with Crippen LogP contribution in [-0.4, -0.2) is 30.5 Å². The lowest BCUT2D eigenvalue weighted by Gasteiger charge is -2.09. The van der Waals surface area contributed by atoms with E-state index in [1.54, 1.807) is 0 Å². The number of carbonyl (C=O) groups excluding carboxylic acids is 1. The molecule has 2 aromatic carbocycles. The number of aromatic amines is 1. The van der Waals surface area contributed by atoms with Crippen LogP contribution in [0.5, 0.6) is 0 Å². The highest BCUT2D eigenvalue weighted by molar-refractivity contribution is 7.71. The van der Waals surface area contributed by atoms with E-state index in [9.17, 15) is 4.79 Å². The molecule has 0 saturated heterocycles. The Bertz CT molecular complexity index is 1310. The van der Waals surface area contributed by atoms with E-state index in [1.807, 2.05) is 85.5 Å². The van der Waals surface area contributed by atoms with E-state index in [2.05, 4.69) is 20.6 Å². The van der Waals surface area contributed by atoms with E-state index >= 15 is 0 Å². The molecule has 0 saturated carbocycles. The van der Waals surface area contributed by atoms with Crippen molar-refractivity contribution in [3.05, 3.63) is 75.8 Å². The number of carbonyl (C=O) groups is 1. The van der Waals surface area contributed by atoms with Crippen LogP contribution in [0.15, 0.2) is 48.5 Å². The van der Waals surface area contributed by atoms with Crippen LogP contribution >= 0.6 is 12.2 Å². The van der Waals surface area contributed by atoms with E-state index in [-0.39, 0.29) is 12.3 Å². The number of hydrogen-bond donors (Lipinski definition) is 2. The molecule has 0 radical (unpaired) electrons. The molecule has 4 aromatic rings. The zero-order valence-electron chi connectivity index (χ0n) is 18.6. The zero-order valence-corrected chi connectivity index (χ0v) is 19.5. The summed E-state index contributed by atoms with van der Waals surface area (Å²) in [4.78, 5) is 12.8. The third kappa shape index (κ3) is 4.40. The average molecular weight is 447 g/mol. The lowest BCUT2D eigenvalue weighted by molar-refractivity contribution is -0.116. The van der Waals surface area contributed by atoms with Crippen molar-refractivity contribution in [1.82, 2.24) is 24.5 Å². The Morgan fingerprint density at radius 3 is 2.28 bits per heavy atom. The summed E-state index contributed by atoms with van der Waals surface area (Å²) in [6.45, 7) is 8.37. The van der Waals surface area contributed by atoms with Crippen molar-refractivity contribution in [3.8, 4) is 17.1 Å². The van der Waals surface area contributed by atoms with E-state index < -0.39 is 0 Å². The fourth-order valence-electron chi connectivity index (χ4n) is 3.62. The lowest BCUT2D eigenvalue weighted by Crippen LogP contribution is -2.16. The molecule has 0 aliphatic carbocycles. The molecular weight excluding hydrogens is 420 g/mol. The number of aryl methyl sites for hydroxylation is 3. The lowest BCUT2D eigenvalue weighted by atomic mass is 10.1. The van der Waals surface area contributed by atoms with Crippen LogP contribution in [0, 0.1) is 32.5 Å². The summed E-state index contributed by atoms with van der Waals surface area (Å²) in [6.07, 6.45) is 0.265. The number of nitrogens with zero attached hydrogens (tertiary/aromatic N) is 4. The van der Waals surface area contributed by atoms with Gasteiger partial charge in [-0.05, 0) is 52.0 Å². The summed E-state index contributed by atoms with van der Waals surface area (Å²) in [5.74, 6) is 0.625. The van der Waals surface area contributed by atoms with Crippen LogP contribution in [-0.2, 0) is 11.3 Å². The minimum absolute atomic E-state index is 0.0994. The van der Waals surface area contributed by atoms with Gasteiger partial charge in [-0.1, -0.05) is 47.5 Å². The highest BCUT2D eigenvalue weighted by atomic mass is 32.1. The first-order chi connectivity index (χ1) is 15.3. The van der Waals surface area contributed by atoms with Crippen molar-refractivity contribution >= 4 is 23.8 Å². The number of amides is 1. The minimum atomic E-state index is -0.0994. The van der Waals surface area contributed by atoms with Crippen LogP contribution < -0.4 is 5.32 Å². The van der Waals surface area contributed by atoms with Crippen molar-refractivity contribution in [2.45, 2.75) is 40.7 Å². The molecule has 32 heavy (non-hydrogen) atoms. The van der Waals surface area contributed by atoms with Gasteiger partial charge in [0.05, 0.1) is 22.8 Å². The molecule has 0 spiro atoms. The predicted molar refractivity (Wildman–Crippen MR) is 129 cm³/mol. The SMILES string of the molecule is Cc1ccc(-c2n[nH]c(=S)n2CCC(=O)Nc2c(C)nn(-c3ccc(C)cc3)c2C)cc1. The topological polar surface area (TPSA) is 80.5 Å². The van der Waals surface area contributed by atoms with Gasteiger partial charge < -0.3 is 5.32 Å². The molecule has 2 heterocycles. The van der Waals surface area contributed by atoms with E-state index in [0.717, 1.165) is 34.2 Å². The summed E-state index contributed by atoms with van der Waals surface area (Å²) < 4.78 is 4.20. The van der Waals surface area contributed by atoms with Gasteiger partial charge in [0.25, 0.3) is 0 Å². The van der Waals surface area contributed by atoms with Crippen molar-refractivity contribution in [3.63, 3.8) is 0 Å². The Kier molecular flexibility index (Phi) is 6.05. The normalized spacial score (nSPS) is 11.0. The number of hydrogen-bond acceptors (Lipinski definition) is 4. The number of benzene rings is 2. The van der Waals surface area contributed by atoms with Gasteiger partial charge in [0.15, 0.2) is 10.6 Å². The second kappa shape index (κ2) is 8.92. The highest BCUT2D eigenvalue weighted by Gasteiger charge is 2.16. The minimum Gasteiger partial charge on any atom is -0.323 e. The molecule has 0 atom stereocenters. The van der Waals surface area contributed by atoms with E-state index in [4.69, 9.17) is 12.2 Å². The first-order valence-electron chi connectivity index (χ1n) is 10.5. The Labute approximate surface area is 192 Å². The molecular formula is C24H26N6OS. The van der Waals surface area contributed by atoms with Crippen molar-refractivity contribution in [2.24, 2.45) is 0 Å². The average Bonchev–Trinajstić information content (AvgIpc) is 3.27. The molecule has 164 valence electrons. The van der Waals surface area contributed by atoms with E-state index in [0.29, 0.717) is 11.3 Å². The van der Waals surface area contributed by atoms with Gasteiger partial charge in [0, 0.05) is 18.5 Å². The van der Waals surface area contributed by atoms with Crippen molar-refractivity contribution in [2.75, 3.05) is 5.32 Å². The number of nitrogens with one attached hydrogen (secondary N) is 2. The van der Waals surface area contributed by atoms with Crippen LogP contribution in [0.4, 0.5) is 5.69 Å². The van der Waals surface area contributed by atoms with Gasteiger partial charge in [-0.15, -0.1) is 0 Å². The summed E-state index contributed by atoms with van der Waals surface area (Å²) in [5, 5.41) is 14.8. The number of H-pyrrole nitrogens is 1. The fraction of sp³-hybridized carbons (Fsp3) is 0.250. The molecule has 0 unspecified atom stereocenters. The van der Waals surface area contributed by atoms with Crippen molar-refractivity contribution in [1.29, 1.82) is 0 Å². The van der Waals surface area contributed by atoms with Gasteiger partial charge in [-0.25, -0.2) is 4.68 Å². The molecule has 0 bridgehead atoms. The second-order valence-corrected chi connectivity index (χ2v) is 8.35. The Morgan fingerprint density at radius 1 is 1.00 bits per heavy atom. The van der Waals surface area contributed by atoms with Gasteiger partial charge in [-0.3, -0.25) is 14.5 Å². The standard InChI is InChI=1S/C24H26N6OS/c1-15-5-9-19(10-6-15)23-26-27-24(32)29(23)14-13-21(31)25-22-17(3)28-30(18(22)4)20-11-7-16(2)8-12-20/h5-12H,13-14H2,1-4H3,(H,25,31)(H,27,32). The molecule has 7 nitrogen and oxygen atoms in total.